The molecule has 2 heterocycles. The van der Waals surface area contributed by atoms with Crippen LogP contribution in [0.5, 0.6) is 0 Å². The molecule has 5 heteroatoms. The van der Waals surface area contributed by atoms with Crippen molar-refractivity contribution in [2.75, 3.05) is 6.61 Å². The van der Waals surface area contributed by atoms with Crippen molar-refractivity contribution in [3.8, 4) is 11.8 Å². The molecule has 3 rings (SSSR count). The number of hydrogen-bond donors (Lipinski definition) is 2. The molecule has 1 aromatic carbocycles. The molecule has 0 spiro atoms. The Morgan fingerprint density at radius 2 is 2.22 bits per heavy atom. The van der Waals surface area contributed by atoms with Gasteiger partial charge in [-0.05, 0) is 19.4 Å². The zero-order chi connectivity index (χ0) is 16.6. The minimum absolute atomic E-state index is 0.171. The Hall–Kier alpha value is -2.13. The summed E-state index contributed by atoms with van der Waals surface area (Å²) in [4.78, 5) is 12.9. The Morgan fingerprint density at radius 1 is 1.43 bits per heavy atom. The van der Waals surface area contributed by atoms with Crippen molar-refractivity contribution in [1.29, 1.82) is 0 Å². The van der Waals surface area contributed by atoms with Gasteiger partial charge in [0, 0.05) is 23.6 Å². The van der Waals surface area contributed by atoms with E-state index in [4.69, 9.17) is 4.74 Å². The molecule has 0 radical (unpaired) electrons. The van der Waals surface area contributed by atoms with Crippen LogP contribution in [0.15, 0.2) is 29.2 Å². The van der Waals surface area contributed by atoms with Crippen molar-refractivity contribution in [2.45, 2.75) is 38.7 Å². The highest BCUT2D eigenvalue weighted by Crippen LogP contribution is 2.29. The average Bonchev–Trinajstić information content (AvgIpc) is 2.91. The van der Waals surface area contributed by atoms with Crippen LogP contribution in [0.4, 0.5) is 0 Å². The highest BCUT2D eigenvalue weighted by Gasteiger charge is 2.35. The summed E-state index contributed by atoms with van der Waals surface area (Å²) in [5.74, 6) is 5.89. The van der Waals surface area contributed by atoms with E-state index < -0.39 is 18.4 Å². The Balaban J connectivity index is 2.22. The van der Waals surface area contributed by atoms with Crippen LogP contribution >= 0.6 is 0 Å². The van der Waals surface area contributed by atoms with Crippen LogP contribution in [0.2, 0.25) is 0 Å². The maximum Gasteiger partial charge on any atom is 0.260 e. The Labute approximate surface area is 134 Å². The molecular weight excluding hydrogens is 294 g/mol. The van der Waals surface area contributed by atoms with E-state index in [9.17, 15) is 15.0 Å². The zero-order valence-corrected chi connectivity index (χ0v) is 13.1. The van der Waals surface area contributed by atoms with Gasteiger partial charge in [0.2, 0.25) is 0 Å². The van der Waals surface area contributed by atoms with Crippen molar-refractivity contribution in [3.05, 3.63) is 45.9 Å². The number of aliphatic hydroxyl groups excluding tert-OH is 2. The summed E-state index contributed by atoms with van der Waals surface area (Å²) >= 11 is 0. The summed E-state index contributed by atoms with van der Waals surface area (Å²) in [6, 6.07) is 5.67. The molecule has 120 valence electrons. The van der Waals surface area contributed by atoms with Crippen LogP contribution in [0.1, 0.15) is 30.7 Å². The molecule has 0 amide bonds. The fourth-order valence-corrected chi connectivity index (χ4v) is 3.07. The van der Waals surface area contributed by atoms with E-state index in [2.05, 4.69) is 11.8 Å². The third kappa shape index (κ3) is 2.66. The number of hydrogen-bond acceptors (Lipinski definition) is 4. The lowest BCUT2D eigenvalue weighted by Gasteiger charge is -2.17. The molecular formula is C18H19NO4. The number of aliphatic hydroxyl groups is 2. The van der Waals surface area contributed by atoms with E-state index in [1.165, 1.54) is 4.57 Å². The topological polar surface area (TPSA) is 71.7 Å². The van der Waals surface area contributed by atoms with Crippen molar-refractivity contribution < 1.29 is 14.9 Å². The fraction of sp³-hybridized carbons (Fsp3) is 0.389. The van der Waals surface area contributed by atoms with Gasteiger partial charge in [-0.3, -0.25) is 9.36 Å². The van der Waals surface area contributed by atoms with Gasteiger partial charge in [0.25, 0.3) is 5.56 Å². The van der Waals surface area contributed by atoms with Gasteiger partial charge >= 0.3 is 0 Å². The van der Waals surface area contributed by atoms with Crippen LogP contribution in [0.25, 0.3) is 10.8 Å². The second-order valence-corrected chi connectivity index (χ2v) is 5.74. The number of rotatable bonds is 2. The molecule has 1 aromatic heterocycles. The van der Waals surface area contributed by atoms with Crippen molar-refractivity contribution in [2.24, 2.45) is 0 Å². The SMILES string of the molecule is CC#Cc1cn([C@H]2C[C@H](O)[C@@H](CO)O2)c(=O)c2c(C)cccc12. The average molecular weight is 313 g/mol. The lowest BCUT2D eigenvalue weighted by molar-refractivity contribution is -0.0453. The summed E-state index contributed by atoms with van der Waals surface area (Å²) in [5.41, 5.74) is 1.45. The summed E-state index contributed by atoms with van der Waals surface area (Å²) in [7, 11) is 0. The standard InChI is InChI=1S/C18H19NO4/c1-3-5-12-9-19(16-8-14(21)15(10-20)23-16)18(22)17-11(2)6-4-7-13(12)17/h4,6-7,9,14-16,20-21H,8,10H2,1-2H3/t14-,15+,16+/m0/s1. The third-order valence-corrected chi connectivity index (χ3v) is 4.23. The minimum atomic E-state index is -0.787. The first kappa shape index (κ1) is 15.8. The van der Waals surface area contributed by atoms with E-state index in [0.717, 1.165) is 16.5 Å². The summed E-state index contributed by atoms with van der Waals surface area (Å²) in [6.45, 7) is 3.35. The van der Waals surface area contributed by atoms with Crippen molar-refractivity contribution in [1.82, 2.24) is 4.57 Å². The van der Waals surface area contributed by atoms with Gasteiger partial charge < -0.3 is 14.9 Å². The second-order valence-electron chi connectivity index (χ2n) is 5.74. The predicted molar refractivity (Wildman–Crippen MR) is 87.1 cm³/mol. The number of aryl methyl sites for hydroxylation is 1. The first-order valence-electron chi connectivity index (χ1n) is 7.58. The Kier molecular flexibility index (Phi) is 4.22. The predicted octanol–water partition coefficient (Wildman–Crippen LogP) is 1.32. The molecule has 1 saturated heterocycles. The van der Waals surface area contributed by atoms with E-state index >= 15 is 0 Å². The highest BCUT2D eigenvalue weighted by atomic mass is 16.5. The number of pyridine rings is 1. The number of nitrogens with zero attached hydrogens (tertiary/aromatic N) is 1. The highest BCUT2D eigenvalue weighted by molar-refractivity contribution is 5.89. The minimum Gasteiger partial charge on any atom is -0.394 e. The van der Waals surface area contributed by atoms with Crippen LogP contribution in [0.3, 0.4) is 0 Å². The summed E-state index contributed by atoms with van der Waals surface area (Å²) in [5, 5.41) is 20.6. The fourth-order valence-electron chi connectivity index (χ4n) is 3.07. The Morgan fingerprint density at radius 3 is 2.87 bits per heavy atom. The monoisotopic (exact) mass is 313 g/mol. The molecule has 3 atom stereocenters. The largest absolute Gasteiger partial charge is 0.394 e. The molecule has 0 saturated carbocycles. The van der Waals surface area contributed by atoms with Crippen LogP contribution in [-0.2, 0) is 4.74 Å². The van der Waals surface area contributed by atoms with Gasteiger partial charge in [-0.15, -0.1) is 5.92 Å². The molecule has 23 heavy (non-hydrogen) atoms. The molecule has 1 aliphatic heterocycles. The lowest BCUT2D eigenvalue weighted by atomic mass is 10.0. The molecule has 5 nitrogen and oxygen atoms in total. The number of fused-ring (bicyclic) bond motifs is 1. The maximum atomic E-state index is 12.9. The molecule has 0 bridgehead atoms. The normalized spacial score (nSPS) is 23.7. The molecule has 2 N–H and O–H groups in total. The molecule has 0 aliphatic carbocycles. The van der Waals surface area contributed by atoms with Gasteiger partial charge in [0.05, 0.1) is 18.1 Å². The third-order valence-electron chi connectivity index (χ3n) is 4.23. The van der Waals surface area contributed by atoms with E-state index in [-0.39, 0.29) is 18.6 Å². The second kappa shape index (κ2) is 6.17. The lowest BCUT2D eigenvalue weighted by Crippen LogP contribution is -2.27. The van der Waals surface area contributed by atoms with Crippen LogP contribution in [0, 0.1) is 18.8 Å². The first-order valence-corrected chi connectivity index (χ1v) is 7.58. The number of benzene rings is 1. The number of aromatic nitrogens is 1. The molecule has 1 fully saturated rings. The van der Waals surface area contributed by atoms with E-state index in [1.54, 1.807) is 13.1 Å². The van der Waals surface area contributed by atoms with Gasteiger partial charge in [-0.1, -0.05) is 24.1 Å². The van der Waals surface area contributed by atoms with E-state index in [1.807, 2.05) is 25.1 Å². The van der Waals surface area contributed by atoms with Crippen molar-refractivity contribution >= 4 is 10.8 Å². The zero-order valence-electron chi connectivity index (χ0n) is 13.1. The Bertz CT molecular complexity index is 859. The quantitative estimate of drug-likeness (QED) is 0.820. The molecule has 1 aliphatic rings. The smallest absolute Gasteiger partial charge is 0.260 e. The van der Waals surface area contributed by atoms with Crippen LogP contribution < -0.4 is 5.56 Å². The first-order chi connectivity index (χ1) is 11.1. The molecule has 2 aromatic rings. The van der Waals surface area contributed by atoms with Gasteiger partial charge in [0.15, 0.2) is 0 Å². The van der Waals surface area contributed by atoms with Gasteiger partial charge in [-0.25, -0.2) is 0 Å². The van der Waals surface area contributed by atoms with Crippen LogP contribution in [-0.4, -0.2) is 33.6 Å². The maximum absolute atomic E-state index is 12.9. The van der Waals surface area contributed by atoms with Gasteiger partial charge in [0.1, 0.15) is 12.3 Å². The number of ether oxygens (including phenoxy) is 1. The van der Waals surface area contributed by atoms with E-state index in [0.29, 0.717) is 5.39 Å². The van der Waals surface area contributed by atoms with Crippen molar-refractivity contribution in [3.63, 3.8) is 0 Å². The molecule has 0 unspecified atom stereocenters. The summed E-state index contributed by atoms with van der Waals surface area (Å²) < 4.78 is 7.11. The van der Waals surface area contributed by atoms with Gasteiger partial charge in [-0.2, -0.15) is 0 Å². The summed E-state index contributed by atoms with van der Waals surface area (Å²) in [6.07, 6.45) is -0.111.